The molecule has 3 rings (SSSR count). The largest absolute Gasteiger partial charge is 0.317 e. The van der Waals surface area contributed by atoms with Crippen molar-refractivity contribution in [1.29, 1.82) is 0 Å². The normalized spacial score (nSPS) is 25.4. The predicted molar refractivity (Wildman–Crippen MR) is 80.6 cm³/mol. The maximum atomic E-state index is 3.51. The average Bonchev–Trinajstić information content (AvgIpc) is 2.50. The van der Waals surface area contributed by atoms with E-state index in [1.165, 1.54) is 63.8 Å². The minimum Gasteiger partial charge on any atom is -0.317 e. The number of hydrogen-bond donors (Lipinski definition) is 2. The Labute approximate surface area is 117 Å². The highest BCUT2D eigenvalue weighted by atomic mass is 14.9. The van der Waals surface area contributed by atoms with Gasteiger partial charge in [0, 0.05) is 0 Å². The van der Waals surface area contributed by atoms with E-state index < -0.39 is 0 Å². The number of hydrogen-bond acceptors (Lipinski definition) is 2. The van der Waals surface area contributed by atoms with Gasteiger partial charge in [0.2, 0.25) is 0 Å². The highest BCUT2D eigenvalue weighted by Gasteiger charge is 2.16. The maximum absolute atomic E-state index is 3.51. The van der Waals surface area contributed by atoms with E-state index in [2.05, 4.69) is 34.9 Å². The van der Waals surface area contributed by atoms with E-state index in [4.69, 9.17) is 0 Å². The Kier molecular flexibility index (Phi) is 4.52. The van der Waals surface area contributed by atoms with E-state index in [1.54, 1.807) is 5.56 Å². The fourth-order valence-electron chi connectivity index (χ4n) is 3.51. The van der Waals surface area contributed by atoms with Gasteiger partial charge in [-0.2, -0.15) is 0 Å². The maximum Gasteiger partial charge on any atom is -0.00173 e. The van der Waals surface area contributed by atoms with Crippen molar-refractivity contribution in [2.24, 2.45) is 5.92 Å². The van der Waals surface area contributed by atoms with Gasteiger partial charge in [-0.05, 0) is 81.2 Å². The molecule has 2 nitrogen and oxygen atoms in total. The number of nitrogens with one attached hydrogen (secondary N) is 2. The summed E-state index contributed by atoms with van der Waals surface area (Å²) in [6, 6.07) is 9.49. The van der Waals surface area contributed by atoms with E-state index in [9.17, 15) is 0 Å². The Morgan fingerprint density at radius 3 is 2.37 bits per heavy atom. The lowest BCUT2D eigenvalue weighted by Crippen LogP contribution is -2.30. The highest BCUT2D eigenvalue weighted by molar-refractivity contribution is 5.26. The third-order valence-corrected chi connectivity index (χ3v) is 4.71. The second-order valence-corrected chi connectivity index (χ2v) is 6.18. The van der Waals surface area contributed by atoms with Crippen LogP contribution in [0.3, 0.4) is 0 Å². The molecule has 1 unspecified atom stereocenters. The van der Waals surface area contributed by atoms with Crippen molar-refractivity contribution >= 4 is 0 Å². The van der Waals surface area contributed by atoms with Crippen LogP contribution in [0.25, 0.3) is 0 Å². The van der Waals surface area contributed by atoms with E-state index in [1.807, 2.05) is 0 Å². The van der Waals surface area contributed by atoms with Crippen LogP contribution in [-0.2, 0) is 6.42 Å². The van der Waals surface area contributed by atoms with Gasteiger partial charge >= 0.3 is 0 Å². The Morgan fingerprint density at radius 1 is 0.895 bits per heavy atom. The second-order valence-electron chi connectivity index (χ2n) is 6.18. The minimum absolute atomic E-state index is 0.784. The number of benzene rings is 1. The Balaban J connectivity index is 1.58. The molecule has 1 aromatic carbocycles. The van der Waals surface area contributed by atoms with Crippen molar-refractivity contribution in [3.8, 4) is 0 Å². The zero-order valence-electron chi connectivity index (χ0n) is 11.8. The molecule has 2 N–H and O–H groups in total. The summed E-state index contributed by atoms with van der Waals surface area (Å²) in [4.78, 5) is 0. The first-order valence-corrected chi connectivity index (χ1v) is 7.92. The van der Waals surface area contributed by atoms with Crippen LogP contribution in [0.4, 0.5) is 0 Å². The number of rotatable bonds is 3. The molecule has 104 valence electrons. The lowest BCUT2D eigenvalue weighted by Gasteiger charge is -2.24. The molecule has 0 aliphatic carbocycles. The van der Waals surface area contributed by atoms with Gasteiger partial charge in [-0.3, -0.25) is 0 Å². The van der Waals surface area contributed by atoms with Crippen LogP contribution in [0.5, 0.6) is 0 Å². The zero-order valence-corrected chi connectivity index (χ0v) is 11.8. The molecule has 0 spiro atoms. The third-order valence-electron chi connectivity index (χ3n) is 4.71. The molecule has 0 aromatic heterocycles. The fourth-order valence-corrected chi connectivity index (χ4v) is 3.51. The van der Waals surface area contributed by atoms with Crippen LogP contribution in [0, 0.1) is 5.92 Å². The van der Waals surface area contributed by atoms with Gasteiger partial charge in [0.1, 0.15) is 0 Å². The Morgan fingerprint density at radius 2 is 1.68 bits per heavy atom. The number of piperidine rings is 2. The molecular weight excluding hydrogens is 232 g/mol. The first-order valence-electron chi connectivity index (χ1n) is 7.92. The van der Waals surface area contributed by atoms with Crippen LogP contribution < -0.4 is 10.6 Å². The molecule has 19 heavy (non-hydrogen) atoms. The molecule has 0 saturated carbocycles. The third kappa shape index (κ3) is 3.58. The van der Waals surface area contributed by atoms with Gasteiger partial charge in [-0.1, -0.05) is 24.3 Å². The summed E-state index contributed by atoms with van der Waals surface area (Å²) in [6.45, 7) is 4.78. The van der Waals surface area contributed by atoms with Crippen LogP contribution in [0.2, 0.25) is 0 Å². The van der Waals surface area contributed by atoms with Crippen molar-refractivity contribution in [3.63, 3.8) is 0 Å². The summed E-state index contributed by atoms with van der Waals surface area (Å²) in [6.07, 6.45) is 6.58. The molecule has 1 aromatic rings. The first kappa shape index (κ1) is 13.1. The van der Waals surface area contributed by atoms with Crippen LogP contribution in [0.15, 0.2) is 24.3 Å². The molecule has 2 heterocycles. The lowest BCUT2D eigenvalue weighted by molar-refractivity contribution is 0.376. The average molecular weight is 258 g/mol. The first-order chi connectivity index (χ1) is 9.42. The topological polar surface area (TPSA) is 24.1 Å². The van der Waals surface area contributed by atoms with Crippen molar-refractivity contribution in [3.05, 3.63) is 35.4 Å². The summed E-state index contributed by atoms with van der Waals surface area (Å²) >= 11 is 0. The van der Waals surface area contributed by atoms with E-state index in [0.29, 0.717) is 0 Å². The fraction of sp³-hybridized carbons (Fsp3) is 0.647. The molecule has 2 fully saturated rings. The van der Waals surface area contributed by atoms with Crippen molar-refractivity contribution < 1.29 is 0 Å². The van der Waals surface area contributed by atoms with Crippen molar-refractivity contribution in [1.82, 2.24) is 10.6 Å². The highest BCUT2D eigenvalue weighted by Crippen LogP contribution is 2.26. The van der Waals surface area contributed by atoms with Gasteiger partial charge in [0.05, 0.1) is 0 Å². The van der Waals surface area contributed by atoms with Gasteiger partial charge < -0.3 is 10.6 Å². The summed E-state index contributed by atoms with van der Waals surface area (Å²) in [5.74, 6) is 1.63. The van der Waals surface area contributed by atoms with Crippen molar-refractivity contribution in [2.75, 3.05) is 26.2 Å². The standard InChI is InChI=1S/C17H26N2/c1-2-15(13-19-9-1)12-14-3-5-16(6-4-14)17-7-10-18-11-8-17/h3-6,15,17-19H,1-2,7-13H2. The molecule has 2 saturated heterocycles. The van der Waals surface area contributed by atoms with Crippen LogP contribution in [-0.4, -0.2) is 26.2 Å². The Bertz CT molecular complexity index is 373. The van der Waals surface area contributed by atoms with Crippen molar-refractivity contribution in [2.45, 2.75) is 38.0 Å². The molecule has 0 bridgehead atoms. The molecule has 2 aliphatic rings. The molecule has 2 heteroatoms. The quantitative estimate of drug-likeness (QED) is 0.871. The molecule has 2 aliphatic heterocycles. The smallest absolute Gasteiger partial charge is 0.00173 e. The molecule has 0 radical (unpaired) electrons. The van der Waals surface area contributed by atoms with Gasteiger partial charge in [0.25, 0.3) is 0 Å². The van der Waals surface area contributed by atoms with Crippen LogP contribution in [0.1, 0.15) is 42.7 Å². The SMILES string of the molecule is c1cc(C2CCNCC2)ccc1CC1CCCNC1. The van der Waals surface area contributed by atoms with E-state index in [-0.39, 0.29) is 0 Å². The van der Waals surface area contributed by atoms with E-state index >= 15 is 0 Å². The zero-order chi connectivity index (χ0) is 12.9. The second kappa shape index (κ2) is 6.53. The van der Waals surface area contributed by atoms with E-state index in [0.717, 1.165) is 11.8 Å². The summed E-state index contributed by atoms with van der Waals surface area (Å²) in [7, 11) is 0. The predicted octanol–water partition coefficient (Wildman–Crippen LogP) is 2.70. The van der Waals surface area contributed by atoms with Crippen LogP contribution >= 0.6 is 0 Å². The van der Waals surface area contributed by atoms with Gasteiger partial charge in [-0.15, -0.1) is 0 Å². The summed E-state index contributed by atoms with van der Waals surface area (Å²) < 4.78 is 0. The lowest BCUT2D eigenvalue weighted by atomic mass is 9.88. The summed E-state index contributed by atoms with van der Waals surface area (Å²) in [5.41, 5.74) is 3.07. The molecule has 0 amide bonds. The minimum atomic E-state index is 0.784. The molecule has 1 atom stereocenters. The monoisotopic (exact) mass is 258 g/mol. The van der Waals surface area contributed by atoms with Gasteiger partial charge in [0.15, 0.2) is 0 Å². The van der Waals surface area contributed by atoms with Gasteiger partial charge in [-0.25, -0.2) is 0 Å². The molecular formula is C17H26N2. The Hall–Kier alpha value is -0.860. The summed E-state index contributed by atoms with van der Waals surface area (Å²) in [5, 5.41) is 6.95.